The van der Waals surface area contributed by atoms with Crippen molar-refractivity contribution >= 4 is 11.8 Å². The van der Waals surface area contributed by atoms with E-state index in [1.54, 1.807) is 58.9 Å². The zero-order valence-electron chi connectivity index (χ0n) is 19.2. The van der Waals surface area contributed by atoms with Crippen molar-refractivity contribution in [1.82, 2.24) is 19.8 Å². The number of likely N-dealkylation sites (tertiary alicyclic amines) is 2. The summed E-state index contributed by atoms with van der Waals surface area (Å²) in [7, 11) is 0. The smallest absolute Gasteiger partial charge is 0.242 e. The van der Waals surface area contributed by atoms with Crippen molar-refractivity contribution in [1.29, 1.82) is 0 Å². The molecule has 4 rings (SSSR count). The molecule has 0 bridgehead atoms. The number of pyridine rings is 2. The average molecular weight is 471 g/mol. The van der Waals surface area contributed by atoms with Crippen molar-refractivity contribution in [3.63, 3.8) is 0 Å². The van der Waals surface area contributed by atoms with Gasteiger partial charge in [-0.25, -0.2) is 0 Å². The molecule has 2 fully saturated rings. The number of hydrogen-bond acceptors (Lipinski definition) is 8. The lowest BCUT2D eigenvalue weighted by molar-refractivity contribution is -0.135. The summed E-state index contributed by atoms with van der Waals surface area (Å²) < 4.78 is 0. The molecule has 0 aliphatic carbocycles. The molecule has 0 spiro atoms. The number of rotatable bonds is 6. The van der Waals surface area contributed by atoms with Crippen LogP contribution in [0.25, 0.3) is 0 Å². The first-order valence-corrected chi connectivity index (χ1v) is 11.6. The van der Waals surface area contributed by atoms with Crippen LogP contribution in [0.5, 0.6) is 0 Å². The summed E-state index contributed by atoms with van der Waals surface area (Å²) in [5.74, 6) is -0.348. The van der Waals surface area contributed by atoms with Crippen LogP contribution in [-0.4, -0.2) is 80.1 Å². The maximum absolute atomic E-state index is 12.0. The molecule has 0 unspecified atom stereocenters. The van der Waals surface area contributed by atoms with Crippen molar-refractivity contribution in [3.8, 4) is 0 Å². The molecule has 2 aromatic rings. The van der Waals surface area contributed by atoms with E-state index >= 15 is 0 Å². The van der Waals surface area contributed by atoms with E-state index in [4.69, 9.17) is 11.5 Å². The van der Waals surface area contributed by atoms with Crippen molar-refractivity contribution in [2.75, 3.05) is 26.2 Å². The number of carbonyl (C=O) groups is 2. The molecule has 0 radical (unpaired) electrons. The molecule has 6 N–H and O–H groups in total. The second-order valence-electron chi connectivity index (χ2n) is 8.57. The number of aromatic nitrogens is 2. The SMILES string of the molecule is N[C@@H](C(=O)N1CCCC1)[C@@H](O)c1ccncc1.N[C@@H](C(=O)N1CCCC1)[C@@H](O)c1ccncc1. The lowest BCUT2D eigenvalue weighted by Crippen LogP contribution is -2.45. The van der Waals surface area contributed by atoms with Gasteiger partial charge in [-0.2, -0.15) is 0 Å². The van der Waals surface area contributed by atoms with Gasteiger partial charge in [0.25, 0.3) is 0 Å². The van der Waals surface area contributed by atoms with E-state index in [1.165, 1.54) is 0 Å². The summed E-state index contributed by atoms with van der Waals surface area (Å²) in [4.78, 5) is 35.1. The van der Waals surface area contributed by atoms with E-state index in [0.29, 0.717) is 11.1 Å². The van der Waals surface area contributed by atoms with Crippen LogP contribution in [0, 0.1) is 0 Å². The van der Waals surface area contributed by atoms with Gasteiger partial charge in [0, 0.05) is 51.0 Å². The van der Waals surface area contributed by atoms with Gasteiger partial charge >= 0.3 is 0 Å². The molecular formula is C24H34N6O4. The predicted molar refractivity (Wildman–Crippen MR) is 126 cm³/mol. The van der Waals surface area contributed by atoms with Crippen molar-refractivity contribution in [3.05, 3.63) is 60.2 Å². The summed E-state index contributed by atoms with van der Waals surface area (Å²) in [6, 6.07) is 4.89. The standard InChI is InChI=1S/2C12H17N3O2/c2*13-10(12(17)15-7-1-2-8-15)11(16)9-3-5-14-6-4-9/h2*3-6,10-11,16H,1-2,7-8,13H2/t2*10-,11+/m11/s1. The van der Waals surface area contributed by atoms with Crippen molar-refractivity contribution in [2.24, 2.45) is 11.5 Å². The first-order valence-electron chi connectivity index (χ1n) is 11.6. The van der Waals surface area contributed by atoms with Gasteiger partial charge in [0.1, 0.15) is 24.3 Å². The van der Waals surface area contributed by atoms with Crippen LogP contribution in [0.4, 0.5) is 0 Å². The Hall–Kier alpha value is -2.92. The van der Waals surface area contributed by atoms with Crippen molar-refractivity contribution < 1.29 is 19.8 Å². The fraction of sp³-hybridized carbons (Fsp3) is 0.500. The molecule has 10 heteroatoms. The van der Waals surface area contributed by atoms with Crippen molar-refractivity contribution in [2.45, 2.75) is 50.0 Å². The van der Waals surface area contributed by atoms with Gasteiger partial charge in [0.05, 0.1) is 0 Å². The number of nitrogens with two attached hydrogens (primary N) is 2. The summed E-state index contributed by atoms with van der Waals surface area (Å²) in [5.41, 5.74) is 12.9. The van der Waals surface area contributed by atoms with Gasteiger partial charge in [-0.1, -0.05) is 0 Å². The summed E-state index contributed by atoms with van der Waals surface area (Å²) in [6.07, 6.45) is 8.44. The van der Waals surface area contributed by atoms with Crippen LogP contribution in [0.1, 0.15) is 49.0 Å². The van der Waals surface area contributed by atoms with Crippen LogP contribution >= 0.6 is 0 Å². The van der Waals surface area contributed by atoms with E-state index in [0.717, 1.165) is 51.9 Å². The minimum Gasteiger partial charge on any atom is -0.386 e. The molecule has 10 nitrogen and oxygen atoms in total. The van der Waals surface area contributed by atoms with Crippen LogP contribution in [-0.2, 0) is 9.59 Å². The van der Waals surface area contributed by atoms with Gasteiger partial charge in [-0.15, -0.1) is 0 Å². The van der Waals surface area contributed by atoms with Crippen LogP contribution in [0.2, 0.25) is 0 Å². The predicted octanol–water partition coefficient (Wildman–Crippen LogP) is 0.129. The maximum Gasteiger partial charge on any atom is 0.242 e. The van der Waals surface area contributed by atoms with E-state index in [9.17, 15) is 19.8 Å². The van der Waals surface area contributed by atoms with E-state index in [1.807, 2.05) is 0 Å². The highest BCUT2D eigenvalue weighted by atomic mass is 16.3. The minimum atomic E-state index is -0.967. The number of aliphatic hydroxyl groups is 2. The molecule has 2 aliphatic rings. The molecule has 2 aromatic heterocycles. The Morgan fingerprint density at radius 1 is 0.676 bits per heavy atom. The molecule has 34 heavy (non-hydrogen) atoms. The topological polar surface area (TPSA) is 159 Å². The number of nitrogens with zero attached hydrogens (tertiary/aromatic N) is 4. The molecule has 0 saturated carbocycles. The number of aliphatic hydroxyl groups excluding tert-OH is 2. The van der Waals surface area contributed by atoms with Gasteiger partial charge in [-0.3, -0.25) is 19.6 Å². The lowest BCUT2D eigenvalue weighted by Gasteiger charge is -2.23. The third-order valence-corrected chi connectivity index (χ3v) is 6.18. The summed E-state index contributed by atoms with van der Waals surface area (Å²) >= 11 is 0. The van der Waals surface area contributed by atoms with E-state index in [2.05, 4.69) is 9.97 Å². The third kappa shape index (κ3) is 6.57. The first-order chi connectivity index (χ1) is 16.4. The Morgan fingerprint density at radius 2 is 0.971 bits per heavy atom. The zero-order chi connectivity index (χ0) is 24.5. The second kappa shape index (κ2) is 12.5. The highest BCUT2D eigenvalue weighted by Crippen LogP contribution is 2.19. The fourth-order valence-electron chi connectivity index (χ4n) is 4.10. The lowest BCUT2D eigenvalue weighted by atomic mass is 10.0. The Labute approximate surface area is 199 Å². The van der Waals surface area contributed by atoms with Crippen LogP contribution < -0.4 is 11.5 Å². The minimum absolute atomic E-state index is 0.174. The molecule has 4 heterocycles. The highest BCUT2D eigenvalue weighted by molar-refractivity contribution is 5.83. The van der Waals surface area contributed by atoms with Gasteiger partial charge in [-0.05, 0) is 61.1 Å². The second-order valence-corrected chi connectivity index (χ2v) is 8.57. The molecule has 184 valence electrons. The molecule has 2 saturated heterocycles. The summed E-state index contributed by atoms with van der Waals surface area (Å²) in [6.45, 7) is 2.98. The molecular weight excluding hydrogens is 436 g/mol. The van der Waals surface area contributed by atoms with Crippen LogP contribution in [0.15, 0.2) is 49.1 Å². The molecule has 2 aliphatic heterocycles. The highest BCUT2D eigenvalue weighted by Gasteiger charge is 2.30. The number of carbonyl (C=O) groups excluding carboxylic acids is 2. The Balaban J connectivity index is 0.000000191. The maximum atomic E-state index is 12.0. The third-order valence-electron chi connectivity index (χ3n) is 6.18. The first kappa shape index (κ1) is 25.7. The molecule has 0 aromatic carbocycles. The zero-order valence-corrected chi connectivity index (χ0v) is 19.2. The normalized spacial score (nSPS) is 19.1. The van der Waals surface area contributed by atoms with E-state index in [-0.39, 0.29) is 11.8 Å². The Kier molecular flexibility index (Phi) is 9.46. The summed E-state index contributed by atoms with van der Waals surface area (Å²) in [5, 5.41) is 20.0. The van der Waals surface area contributed by atoms with E-state index < -0.39 is 24.3 Å². The molecule has 2 amide bonds. The average Bonchev–Trinajstić information content (AvgIpc) is 3.62. The Morgan fingerprint density at radius 3 is 1.26 bits per heavy atom. The largest absolute Gasteiger partial charge is 0.386 e. The van der Waals surface area contributed by atoms with Crippen LogP contribution in [0.3, 0.4) is 0 Å². The van der Waals surface area contributed by atoms with Gasteiger partial charge in [0.2, 0.25) is 11.8 Å². The Bertz CT molecular complexity index is 829. The quantitative estimate of drug-likeness (QED) is 0.464. The number of hydrogen-bond donors (Lipinski definition) is 4. The fourth-order valence-corrected chi connectivity index (χ4v) is 4.10. The molecule has 4 atom stereocenters. The van der Waals surface area contributed by atoms with Gasteiger partial charge in [0.15, 0.2) is 0 Å². The monoisotopic (exact) mass is 470 g/mol. The number of amides is 2. The van der Waals surface area contributed by atoms with Gasteiger partial charge < -0.3 is 31.5 Å².